The molecule has 3 aliphatic rings. The average molecular weight is 861 g/mol. The molecule has 59 heavy (non-hydrogen) atoms. The highest BCUT2D eigenvalue weighted by Crippen LogP contribution is 2.33. The molecule has 0 bridgehead atoms. The molecule has 0 aliphatic carbocycles. The summed E-state index contributed by atoms with van der Waals surface area (Å²) >= 11 is 7.40. The van der Waals surface area contributed by atoms with Crippen molar-refractivity contribution in [3.05, 3.63) is 42.0 Å². The van der Waals surface area contributed by atoms with E-state index in [1.807, 2.05) is 49.9 Å². The number of ether oxygens (including phenoxy) is 3. The van der Waals surface area contributed by atoms with Crippen molar-refractivity contribution in [1.82, 2.24) is 36.8 Å². The molecule has 4 rings (SSSR count). The summed E-state index contributed by atoms with van der Waals surface area (Å²) in [4.78, 5) is 72.9. The SMILES string of the molecule is CC(C)[C@@H](NC(=S)Nc1ccc(CNC(=O)CCCC[C@@H]2SC[C@@H]3NC(=O)N[C@@H]32)cc1)C(=O)NCCCOCCOCCOCCCNC(=O)CCN1C(=O)C=CC1=O. The fourth-order valence-electron chi connectivity index (χ4n) is 6.51. The number of nitrogens with zero attached hydrogens (tertiary/aromatic N) is 1. The van der Waals surface area contributed by atoms with E-state index in [0.717, 1.165) is 41.2 Å². The van der Waals surface area contributed by atoms with Gasteiger partial charge in [-0.2, -0.15) is 11.8 Å². The first-order valence-corrected chi connectivity index (χ1v) is 21.9. The van der Waals surface area contributed by atoms with Crippen LogP contribution in [-0.4, -0.2) is 134 Å². The topological polar surface area (TPSA) is 218 Å². The third-order valence-electron chi connectivity index (χ3n) is 9.78. The molecule has 2 fully saturated rings. The van der Waals surface area contributed by atoms with Crippen molar-refractivity contribution in [3.63, 3.8) is 0 Å². The smallest absolute Gasteiger partial charge is 0.315 e. The van der Waals surface area contributed by atoms with E-state index in [-0.39, 0.29) is 54.7 Å². The van der Waals surface area contributed by atoms with Gasteiger partial charge in [0, 0.05) is 81.1 Å². The average Bonchev–Trinajstić information content (AvgIpc) is 3.88. The summed E-state index contributed by atoms with van der Waals surface area (Å²) in [7, 11) is 0. The van der Waals surface area contributed by atoms with Gasteiger partial charge in [0.1, 0.15) is 6.04 Å². The number of thiocarbonyl (C=S) groups is 1. The number of hydrogen-bond acceptors (Lipinski definition) is 11. The number of fused-ring (bicyclic) bond motifs is 1. The Morgan fingerprint density at radius 2 is 1.44 bits per heavy atom. The van der Waals surface area contributed by atoms with Gasteiger partial charge in [0.05, 0.1) is 38.5 Å². The number of anilines is 1. The van der Waals surface area contributed by atoms with Gasteiger partial charge in [0.15, 0.2) is 5.11 Å². The van der Waals surface area contributed by atoms with E-state index in [1.54, 1.807) is 0 Å². The summed E-state index contributed by atoms with van der Waals surface area (Å²) in [5.41, 5.74) is 1.72. The van der Waals surface area contributed by atoms with Crippen LogP contribution in [0.3, 0.4) is 0 Å². The van der Waals surface area contributed by atoms with Crippen molar-refractivity contribution in [2.75, 3.05) is 70.3 Å². The molecule has 7 amide bonds. The van der Waals surface area contributed by atoms with Crippen LogP contribution in [0.4, 0.5) is 10.5 Å². The van der Waals surface area contributed by atoms with Crippen LogP contribution >= 0.6 is 24.0 Å². The zero-order valence-corrected chi connectivity index (χ0v) is 35.6. The molecule has 3 heterocycles. The van der Waals surface area contributed by atoms with Crippen LogP contribution in [-0.2, 0) is 44.7 Å². The lowest BCUT2D eigenvalue weighted by atomic mass is 10.0. The number of hydrogen-bond donors (Lipinski definition) is 7. The highest BCUT2D eigenvalue weighted by molar-refractivity contribution is 8.00. The largest absolute Gasteiger partial charge is 0.379 e. The summed E-state index contributed by atoms with van der Waals surface area (Å²) < 4.78 is 16.6. The van der Waals surface area contributed by atoms with E-state index in [2.05, 4.69) is 37.2 Å². The van der Waals surface area contributed by atoms with Gasteiger partial charge in [-0.1, -0.05) is 32.4 Å². The highest BCUT2D eigenvalue weighted by atomic mass is 32.2. The predicted octanol–water partition coefficient (Wildman–Crippen LogP) is 1.72. The Morgan fingerprint density at radius 1 is 0.814 bits per heavy atom. The van der Waals surface area contributed by atoms with Crippen LogP contribution in [0.5, 0.6) is 0 Å². The molecule has 7 N–H and O–H groups in total. The molecular weight excluding hydrogens is 801 g/mol. The fraction of sp³-hybridized carbons (Fsp3) is 0.625. The van der Waals surface area contributed by atoms with Crippen molar-refractivity contribution in [1.29, 1.82) is 0 Å². The van der Waals surface area contributed by atoms with Gasteiger partial charge in [0.2, 0.25) is 17.7 Å². The van der Waals surface area contributed by atoms with Crippen LogP contribution in [0.2, 0.25) is 0 Å². The molecule has 4 atom stereocenters. The summed E-state index contributed by atoms with van der Waals surface area (Å²) in [6, 6.07) is 7.40. The van der Waals surface area contributed by atoms with Crippen molar-refractivity contribution in [2.45, 2.75) is 88.7 Å². The second-order valence-corrected chi connectivity index (χ2v) is 16.4. The Labute approximate surface area is 356 Å². The maximum Gasteiger partial charge on any atom is 0.315 e. The first-order chi connectivity index (χ1) is 28.5. The number of thioether (sulfide) groups is 1. The van der Waals surface area contributed by atoms with E-state index in [1.165, 1.54) is 12.2 Å². The molecule has 0 radical (unpaired) electrons. The van der Waals surface area contributed by atoms with Gasteiger partial charge >= 0.3 is 6.03 Å². The second kappa shape index (κ2) is 26.0. The van der Waals surface area contributed by atoms with Crippen LogP contribution in [0.15, 0.2) is 36.4 Å². The Morgan fingerprint density at radius 3 is 2.10 bits per heavy atom. The number of benzene rings is 1. The number of rotatable bonds is 28. The van der Waals surface area contributed by atoms with Crippen molar-refractivity contribution >= 4 is 70.3 Å². The van der Waals surface area contributed by atoms with E-state index in [4.69, 9.17) is 26.4 Å². The molecule has 0 spiro atoms. The molecule has 1 aromatic rings. The third kappa shape index (κ3) is 17.4. The number of imide groups is 1. The van der Waals surface area contributed by atoms with Gasteiger partial charge in [0.25, 0.3) is 11.8 Å². The first kappa shape index (κ1) is 47.4. The lowest BCUT2D eigenvalue weighted by Gasteiger charge is -2.23. The number of unbranched alkanes of at least 4 members (excludes halogenated alkanes) is 1. The van der Waals surface area contributed by atoms with Gasteiger partial charge in [-0.25, -0.2) is 4.79 Å². The van der Waals surface area contributed by atoms with Crippen molar-refractivity contribution in [3.8, 4) is 0 Å². The molecule has 326 valence electrons. The van der Waals surface area contributed by atoms with Crippen LogP contribution in [0.1, 0.15) is 64.4 Å². The summed E-state index contributed by atoms with van der Waals surface area (Å²) in [5, 5.41) is 21.6. The zero-order chi connectivity index (χ0) is 42.4. The second-order valence-electron chi connectivity index (χ2n) is 14.8. The fourth-order valence-corrected chi connectivity index (χ4v) is 8.29. The molecule has 3 aliphatic heterocycles. The van der Waals surface area contributed by atoms with E-state index >= 15 is 0 Å². The maximum absolute atomic E-state index is 12.9. The number of carbonyl (C=O) groups excluding carboxylic acids is 6. The molecular formula is C40H60N8O9S2. The van der Waals surface area contributed by atoms with Gasteiger partial charge in [-0.3, -0.25) is 28.9 Å². The Bertz CT molecular complexity index is 1580. The van der Waals surface area contributed by atoms with Gasteiger partial charge in [-0.15, -0.1) is 0 Å². The van der Waals surface area contributed by atoms with Crippen LogP contribution < -0.4 is 37.2 Å². The third-order valence-corrected chi connectivity index (χ3v) is 11.5. The quantitative estimate of drug-likeness (QED) is 0.0277. The summed E-state index contributed by atoms with van der Waals surface area (Å²) in [6.45, 7) is 7.84. The summed E-state index contributed by atoms with van der Waals surface area (Å²) in [5.74, 6) is -0.247. The molecule has 0 unspecified atom stereocenters. The number of amides is 7. The minimum absolute atomic E-state index is 0.0152. The molecule has 17 nitrogen and oxygen atoms in total. The molecule has 1 aromatic carbocycles. The molecule has 2 saturated heterocycles. The minimum Gasteiger partial charge on any atom is -0.379 e. The number of carbonyl (C=O) groups is 6. The molecule has 0 aromatic heterocycles. The van der Waals surface area contributed by atoms with E-state index in [9.17, 15) is 28.8 Å². The lowest BCUT2D eigenvalue weighted by Crippen LogP contribution is -2.51. The Kier molecular flexibility index (Phi) is 20.9. The highest BCUT2D eigenvalue weighted by Gasteiger charge is 2.42. The number of nitrogens with one attached hydrogen (secondary N) is 7. The molecule has 19 heteroatoms. The predicted molar refractivity (Wildman–Crippen MR) is 228 cm³/mol. The summed E-state index contributed by atoms with van der Waals surface area (Å²) in [6.07, 6.45) is 6.91. The number of urea groups is 1. The van der Waals surface area contributed by atoms with Crippen molar-refractivity contribution in [2.24, 2.45) is 5.92 Å². The maximum atomic E-state index is 12.9. The van der Waals surface area contributed by atoms with Crippen molar-refractivity contribution < 1.29 is 43.0 Å². The lowest BCUT2D eigenvalue weighted by molar-refractivity contribution is -0.137. The van der Waals surface area contributed by atoms with Crippen LogP contribution in [0, 0.1) is 5.92 Å². The van der Waals surface area contributed by atoms with Gasteiger partial charge < -0.3 is 51.4 Å². The minimum atomic E-state index is -0.530. The monoisotopic (exact) mass is 860 g/mol. The zero-order valence-electron chi connectivity index (χ0n) is 34.0. The van der Waals surface area contributed by atoms with Crippen LogP contribution in [0.25, 0.3) is 0 Å². The van der Waals surface area contributed by atoms with E-state index < -0.39 is 17.9 Å². The Balaban J connectivity index is 0.943. The van der Waals surface area contributed by atoms with Gasteiger partial charge in [-0.05, 0) is 61.5 Å². The normalized spacial score (nSPS) is 18.7. The molecule has 0 saturated carbocycles. The standard InChI is InChI=1S/C40H60N8O9S2/c1-27(2)36(38(53)42-17-6-20-56-22-24-57-23-21-55-19-5-16-41-33(50)15-18-48-34(51)13-14-35(48)52)47-40(58)44-29-11-9-28(10-12-29)25-43-32(49)8-4-3-7-31-37-30(26-59-31)45-39(54)46-37/h9-14,27,30-31,36-37H,3-8,15-26H2,1-2H3,(H,41,50)(H,42,53)(H,43,49)(H2,44,47,58)(H2,45,46,54)/t30-,31-,36+,37-/m0/s1. The first-order valence-electron chi connectivity index (χ1n) is 20.4. The Hall–Kier alpha value is -4.30. The van der Waals surface area contributed by atoms with E-state index in [0.29, 0.717) is 88.9 Å².